The van der Waals surface area contributed by atoms with Gasteiger partial charge in [0.15, 0.2) is 5.96 Å². The Morgan fingerprint density at radius 1 is 1.15 bits per heavy atom. The van der Waals surface area contributed by atoms with Gasteiger partial charge in [-0.15, -0.1) is 0 Å². The van der Waals surface area contributed by atoms with E-state index in [2.05, 4.69) is 20.5 Å². The van der Waals surface area contributed by atoms with Crippen LogP contribution in [-0.2, 0) is 12.7 Å². The van der Waals surface area contributed by atoms with Crippen LogP contribution in [0.3, 0.4) is 0 Å². The molecular formula is C19H27F3N4. The average Bonchev–Trinajstić information content (AvgIpc) is 3.29. The summed E-state index contributed by atoms with van der Waals surface area (Å²) in [5.74, 6) is 0.697. The van der Waals surface area contributed by atoms with Gasteiger partial charge in [0, 0.05) is 38.8 Å². The van der Waals surface area contributed by atoms with E-state index in [-0.39, 0.29) is 0 Å². The first-order valence-electron chi connectivity index (χ1n) is 9.33. The Bertz CT molecular complexity index is 606. The van der Waals surface area contributed by atoms with Crippen molar-refractivity contribution in [3.63, 3.8) is 0 Å². The van der Waals surface area contributed by atoms with Crippen LogP contribution in [0, 0.1) is 0 Å². The van der Waals surface area contributed by atoms with Gasteiger partial charge in [-0.25, -0.2) is 0 Å². The van der Waals surface area contributed by atoms with Crippen LogP contribution < -0.4 is 10.6 Å². The SMILES string of the molecule is CN=C(NCc1ccc(C(F)(F)F)cc1)NC1CCN(C2CCCC2)C1. The minimum Gasteiger partial charge on any atom is -0.352 e. The lowest BCUT2D eigenvalue weighted by Crippen LogP contribution is -2.45. The zero-order chi connectivity index (χ0) is 18.6. The molecule has 1 aromatic rings. The van der Waals surface area contributed by atoms with Crippen molar-refractivity contribution in [2.75, 3.05) is 20.1 Å². The van der Waals surface area contributed by atoms with Crippen LogP contribution in [0.1, 0.15) is 43.2 Å². The first kappa shape index (κ1) is 19.0. The van der Waals surface area contributed by atoms with Crippen molar-refractivity contribution in [3.8, 4) is 0 Å². The summed E-state index contributed by atoms with van der Waals surface area (Å²) in [4.78, 5) is 6.82. The van der Waals surface area contributed by atoms with Gasteiger partial charge in [-0.05, 0) is 37.0 Å². The Morgan fingerprint density at radius 3 is 2.46 bits per heavy atom. The molecule has 1 aliphatic carbocycles. The second-order valence-corrected chi connectivity index (χ2v) is 7.18. The lowest BCUT2D eigenvalue weighted by molar-refractivity contribution is -0.137. The number of aliphatic imine (C=N–C) groups is 1. The molecule has 2 fully saturated rings. The van der Waals surface area contributed by atoms with E-state index in [1.807, 2.05) is 0 Å². The lowest BCUT2D eigenvalue weighted by Gasteiger charge is -2.24. The van der Waals surface area contributed by atoms with E-state index >= 15 is 0 Å². The van der Waals surface area contributed by atoms with Crippen molar-refractivity contribution in [2.24, 2.45) is 4.99 Å². The average molecular weight is 368 g/mol. The van der Waals surface area contributed by atoms with Crippen LogP contribution >= 0.6 is 0 Å². The monoisotopic (exact) mass is 368 g/mol. The molecule has 7 heteroatoms. The number of likely N-dealkylation sites (tertiary alicyclic amines) is 1. The molecule has 0 radical (unpaired) electrons. The third-order valence-electron chi connectivity index (χ3n) is 5.37. The Kier molecular flexibility index (Phi) is 6.06. The second-order valence-electron chi connectivity index (χ2n) is 7.18. The first-order chi connectivity index (χ1) is 12.5. The summed E-state index contributed by atoms with van der Waals surface area (Å²) >= 11 is 0. The molecule has 0 amide bonds. The highest BCUT2D eigenvalue weighted by Crippen LogP contribution is 2.29. The highest BCUT2D eigenvalue weighted by molar-refractivity contribution is 5.80. The molecule has 26 heavy (non-hydrogen) atoms. The summed E-state index contributed by atoms with van der Waals surface area (Å²) in [5, 5.41) is 6.64. The molecule has 1 atom stereocenters. The molecular weight excluding hydrogens is 341 g/mol. The van der Waals surface area contributed by atoms with Gasteiger partial charge in [-0.2, -0.15) is 13.2 Å². The summed E-state index contributed by atoms with van der Waals surface area (Å²) in [6.45, 7) is 2.60. The maximum absolute atomic E-state index is 12.6. The number of guanidine groups is 1. The van der Waals surface area contributed by atoms with Gasteiger partial charge in [0.25, 0.3) is 0 Å². The van der Waals surface area contributed by atoms with Gasteiger partial charge in [-0.1, -0.05) is 25.0 Å². The normalized spacial score (nSPS) is 22.8. The number of benzene rings is 1. The number of hydrogen-bond donors (Lipinski definition) is 2. The van der Waals surface area contributed by atoms with Crippen molar-refractivity contribution >= 4 is 5.96 Å². The number of hydrogen-bond acceptors (Lipinski definition) is 2. The van der Waals surface area contributed by atoms with Crippen LogP contribution in [0.4, 0.5) is 13.2 Å². The Balaban J connectivity index is 1.46. The summed E-state index contributed by atoms with van der Waals surface area (Å²) in [7, 11) is 1.71. The molecule has 2 aliphatic rings. The predicted molar refractivity (Wildman–Crippen MR) is 97.0 cm³/mol. The van der Waals surface area contributed by atoms with Crippen molar-refractivity contribution in [3.05, 3.63) is 35.4 Å². The number of alkyl halides is 3. The van der Waals surface area contributed by atoms with Crippen LogP contribution in [0.5, 0.6) is 0 Å². The molecule has 0 aromatic heterocycles. The largest absolute Gasteiger partial charge is 0.416 e. The number of rotatable bonds is 4. The molecule has 0 bridgehead atoms. The molecule has 1 saturated carbocycles. The number of halogens is 3. The lowest BCUT2D eigenvalue weighted by atomic mass is 10.1. The van der Waals surface area contributed by atoms with Crippen LogP contribution in [0.25, 0.3) is 0 Å². The van der Waals surface area contributed by atoms with Gasteiger partial charge < -0.3 is 10.6 Å². The minimum absolute atomic E-state index is 0.370. The van der Waals surface area contributed by atoms with E-state index < -0.39 is 11.7 Å². The van der Waals surface area contributed by atoms with Crippen LogP contribution in [0.15, 0.2) is 29.3 Å². The molecule has 1 aromatic carbocycles. The summed E-state index contributed by atoms with van der Waals surface area (Å²) in [6, 6.07) is 6.34. The fourth-order valence-corrected chi connectivity index (χ4v) is 3.89. The zero-order valence-electron chi connectivity index (χ0n) is 15.1. The third kappa shape index (κ3) is 4.90. The van der Waals surface area contributed by atoms with E-state index in [0.29, 0.717) is 18.5 Å². The predicted octanol–water partition coefficient (Wildman–Crippen LogP) is 3.39. The minimum atomic E-state index is -4.29. The van der Waals surface area contributed by atoms with Crippen molar-refractivity contribution < 1.29 is 13.2 Å². The maximum Gasteiger partial charge on any atom is 0.416 e. The Morgan fingerprint density at radius 2 is 1.85 bits per heavy atom. The molecule has 1 unspecified atom stereocenters. The second kappa shape index (κ2) is 8.29. The molecule has 4 nitrogen and oxygen atoms in total. The van der Waals surface area contributed by atoms with Crippen LogP contribution in [-0.4, -0.2) is 43.1 Å². The molecule has 3 rings (SSSR count). The van der Waals surface area contributed by atoms with E-state index in [1.165, 1.54) is 37.8 Å². The van der Waals surface area contributed by atoms with Gasteiger partial charge in [0.05, 0.1) is 5.56 Å². The molecule has 0 spiro atoms. The zero-order valence-corrected chi connectivity index (χ0v) is 15.1. The number of nitrogens with one attached hydrogen (secondary N) is 2. The van der Waals surface area contributed by atoms with Crippen LogP contribution in [0.2, 0.25) is 0 Å². The molecule has 1 saturated heterocycles. The Labute approximate surface area is 152 Å². The van der Waals surface area contributed by atoms with E-state index in [4.69, 9.17) is 0 Å². The van der Waals surface area contributed by atoms with Gasteiger partial charge in [-0.3, -0.25) is 9.89 Å². The quantitative estimate of drug-likeness (QED) is 0.632. The molecule has 144 valence electrons. The Hall–Kier alpha value is -1.76. The van der Waals surface area contributed by atoms with E-state index in [1.54, 1.807) is 7.05 Å². The third-order valence-corrected chi connectivity index (χ3v) is 5.37. The summed E-state index contributed by atoms with van der Waals surface area (Å²) in [6.07, 6.45) is 2.11. The molecule has 2 N–H and O–H groups in total. The molecule has 1 heterocycles. The fourth-order valence-electron chi connectivity index (χ4n) is 3.89. The van der Waals surface area contributed by atoms with Crippen molar-refractivity contribution in [1.29, 1.82) is 0 Å². The van der Waals surface area contributed by atoms with Gasteiger partial charge >= 0.3 is 6.18 Å². The van der Waals surface area contributed by atoms with Crippen molar-refractivity contribution in [1.82, 2.24) is 15.5 Å². The van der Waals surface area contributed by atoms with Crippen molar-refractivity contribution in [2.45, 2.75) is 56.9 Å². The number of nitrogens with zero attached hydrogens (tertiary/aromatic N) is 2. The fraction of sp³-hybridized carbons (Fsp3) is 0.632. The topological polar surface area (TPSA) is 39.7 Å². The smallest absolute Gasteiger partial charge is 0.352 e. The van der Waals surface area contributed by atoms with Gasteiger partial charge in [0.1, 0.15) is 0 Å². The molecule has 1 aliphatic heterocycles. The first-order valence-corrected chi connectivity index (χ1v) is 9.33. The highest BCUT2D eigenvalue weighted by Gasteiger charge is 2.31. The standard InChI is InChI=1S/C19H27F3N4/c1-23-18(24-12-14-6-8-15(9-7-14)19(20,21)22)25-16-10-11-26(13-16)17-4-2-3-5-17/h6-9,16-17H,2-5,10-13H2,1H3,(H2,23,24,25). The highest BCUT2D eigenvalue weighted by atomic mass is 19.4. The summed E-state index contributed by atoms with van der Waals surface area (Å²) < 4.78 is 37.8. The maximum atomic E-state index is 12.6. The van der Waals surface area contributed by atoms with E-state index in [0.717, 1.165) is 43.2 Å². The van der Waals surface area contributed by atoms with Gasteiger partial charge in [0.2, 0.25) is 0 Å². The van der Waals surface area contributed by atoms with E-state index in [9.17, 15) is 13.2 Å². The summed E-state index contributed by atoms with van der Waals surface area (Å²) in [5.41, 5.74) is 0.168.